The van der Waals surface area contributed by atoms with E-state index in [0.29, 0.717) is 60.4 Å². The molecule has 2 aromatic heterocycles. The number of aryl methyl sites for hydroxylation is 1. The molecular formula is C26H25ClN6O2. The van der Waals surface area contributed by atoms with Gasteiger partial charge in [0, 0.05) is 43.1 Å². The minimum absolute atomic E-state index is 0.181. The van der Waals surface area contributed by atoms with Crippen LogP contribution in [-0.4, -0.2) is 51.6 Å². The predicted molar refractivity (Wildman–Crippen MR) is 138 cm³/mol. The van der Waals surface area contributed by atoms with E-state index in [0.717, 1.165) is 11.1 Å². The van der Waals surface area contributed by atoms with Crippen molar-refractivity contribution in [3.8, 4) is 0 Å². The number of rotatable bonds is 4. The second kappa shape index (κ2) is 9.76. The number of nitrogens with zero attached hydrogens (tertiary/aromatic N) is 5. The summed E-state index contributed by atoms with van der Waals surface area (Å²) in [5.41, 5.74) is 3.91. The lowest BCUT2D eigenvalue weighted by Crippen LogP contribution is -2.51. The number of urea groups is 1. The standard InChI is InChI=1S/C26H25ClN6O2/c1-18-4-6-19(7-5-18)17-33-23-22(3-2-12-28-23)30-24(25(33)34)31-13-15-32(16-14-31)26(35)29-21-10-8-20(27)9-11-21/h2-12H,13-17H2,1H3,(H,29,35). The van der Waals surface area contributed by atoms with E-state index in [1.165, 1.54) is 0 Å². The maximum atomic E-state index is 13.6. The first-order valence-electron chi connectivity index (χ1n) is 11.5. The molecule has 0 saturated carbocycles. The Balaban J connectivity index is 1.36. The first-order valence-corrected chi connectivity index (χ1v) is 11.8. The van der Waals surface area contributed by atoms with Gasteiger partial charge in [-0.3, -0.25) is 9.36 Å². The third-order valence-corrected chi connectivity index (χ3v) is 6.36. The quantitative estimate of drug-likeness (QED) is 0.466. The van der Waals surface area contributed by atoms with Crippen LogP contribution in [0.15, 0.2) is 71.7 Å². The van der Waals surface area contributed by atoms with E-state index >= 15 is 0 Å². The molecule has 5 rings (SSSR count). The number of pyridine rings is 1. The molecule has 2 amide bonds. The third-order valence-electron chi connectivity index (χ3n) is 6.11. The molecule has 1 fully saturated rings. The van der Waals surface area contributed by atoms with Gasteiger partial charge >= 0.3 is 6.03 Å². The van der Waals surface area contributed by atoms with E-state index in [2.05, 4.69) is 15.3 Å². The molecule has 0 atom stereocenters. The Morgan fingerprint density at radius 2 is 1.71 bits per heavy atom. The molecule has 3 heterocycles. The number of piperazine rings is 1. The Kier molecular flexibility index (Phi) is 6.37. The Labute approximate surface area is 207 Å². The number of benzene rings is 2. The fraction of sp³-hybridized carbons (Fsp3) is 0.231. The number of hydrogen-bond donors (Lipinski definition) is 1. The van der Waals surface area contributed by atoms with Crippen LogP contribution in [0.2, 0.25) is 5.02 Å². The zero-order valence-electron chi connectivity index (χ0n) is 19.3. The van der Waals surface area contributed by atoms with Crippen LogP contribution in [-0.2, 0) is 6.54 Å². The molecule has 1 aliphatic heterocycles. The van der Waals surface area contributed by atoms with Crippen molar-refractivity contribution in [2.24, 2.45) is 0 Å². The van der Waals surface area contributed by atoms with Gasteiger partial charge in [0.15, 0.2) is 11.5 Å². The van der Waals surface area contributed by atoms with Crippen LogP contribution >= 0.6 is 11.6 Å². The Hall–Kier alpha value is -3.91. The number of nitrogens with one attached hydrogen (secondary N) is 1. The largest absolute Gasteiger partial charge is 0.348 e. The maximum Gasteiger partial charge on any atom is 0.321 e. The zero-order valence-corrected chi connectivity index (χ0v) is 20.1. The fourth-order valence-electron chi connectivity index (χ4n) is 4.15. The molecular weight excluding hydrogens is 464 g/mol. The number of fused-ring (bicyclic) bond motifs is 1. The molecule has 0 bridgehead atoms. The van der Waals surface area contributed by atoms with Gasteiger partial charge < -0.3 is 15.1 Å². The summed E-state index contributed by atoms with van der Waals surface area (Å²) >= 11 is 5.92. The number of hydrogen-bond acceptors (Lipinski definition) is 5. The predicted octanol–water partition coefficient (Wildman–Crippen LogP) is 4.16. The molecule has 4 aromatic rings. The van der Waals surface area contributed by atoms with Crippen LogP contribution in [0.5, 0.6) is 0 Å². The van der Waals surface area contributed by atoms with E-state index in [9.17, 15) is 9.59 Å². The molecule has 0 aliphatic carbocycles. The highest BCUT2D eigenvalue weighted by Gasteiger charge is 2.25. The van der Waals surface area contributed by atoms with Gasteiger partial charge in [-0.15, -0.1) is 0 Å². The van der Waals surface area contributed by atoms with Crippen LogP contribution in [0.1, 0.15) is 11.1 Å². The number of amides is 2. The summed E-state index contributed by atoms with van der Waals surface area (Å²) in [4.78, 5) is 39.0. The highest BCUT2D eigenvalue weighted by Crippen LogP contribution is 2.18. The maximum absolute atomic E-state index is 13.6. The summed E-state index contributed by atoms with van der Waals surface area (Å²) in [5, 5.41) is 3.50. The van der Waals surface area contributed by atoms with Crippen LogP contribution in [0.4, 0.5) is 16.3 Å². The van der Waals surface area contributed by atoms with Gasteiger partial charge in [0.25, 0.3) is 5.56 Å². The smallest absolute Gasteiger partial charge is 0.321 e. The van der Waals surface area contributed by atoms with E-state index < -0.39 is 0 Å². The lowest BCUT2D eigenvalue weighted by molar-refractivity contribution is 0.208. The molecule has 8 nitrogen and oxygen atoms in total. The van der Waals surface area contributed by atoms with Crippen LogP contribution in [0.25, 0.3) is 11.2 Å². The molecule has 1 aliphatic rings. The van der Waals surface area contributed by atoms with Gasteiger partial charge in [-0.05, 0) is 48.9 Å². The third kappa shape index (κ3) is 4.97. The number of aromatic nitrogens is 3. The Morgan fingerprint density at radius 1 is 1.00 bits per heavy atom. The molecule has 0 unspecified atom stereocenters. The van der Waals surface area contributed by atoms with Crippen molar-refractivity contribution in [1.29, 1.82) is 0 Å². The van der Waals surface area contributed by atoms with E-state index in [4.69, 9.17) is 11.6 Å². The summed E-state index contributed by atoms with van der Waals surface area (Å²) in [6, 6.07) is 18.6. The van der Waals surface area contributed by atoms with Gasteiger partial charge in [-0.1, -0.05) is 41.4 Å². The topological polar surface area (TPSA) is 83.4 Å². The highest BCUT2D eigenvalue weighted by molar-refractivity contribution is 6.30. The SMILES string of the molecule is Cc1ccc(Cn2c(=O)c(N3CCN(C(=O)Nc4ccc(Cl)cc4)CC3)nc3cccnc32)cc1. The number of carbonyl (C=O) groups excluding carboxylic acids is 1. The Morgan fingerprint density at radius 3 is 2.43 bits per heavy atom. The monoisotopic (exact) mass is 488 g/mol. The highest BCUT2D eigenvalue weighted by atomic mass is 35.5. The molecule has 0 spiro atoms. The number of halogens is 1. The fourth-order valence-corrected chi connectivity index (χ4v) is 4.27. The second-order valence-corrected chi connectivity index (χ2v) is 9.01. The Bertz CT molecular complexity index is 1410. The summed E-state index contributed by atoms with van der Waals surface area (Å²) in [6.45, 7) is 4.41. The van der Waals surface area contributed by atoms with Gasteiger partial charge in [0.05, 0.1) is 6.54 Å². The molecule has 1 N–H and O–H groups in total. The molecule has 1 saturated heterocycles. The average molecular weight is 489 g/mol. The van der Waals surface area contributed by atoms with Crippen molar-refractivity contribution in [3.05, 3.63) is 93.4 Å². The summed E-state index contributed by atoms with van der Waals surface area (Å²) in [7, 11) is 0. The number of anilines is 2. The van der Waals surface area contributed by atoms with E-state index in [1.807, 2.05) is 48.2 Å². The molecule has 2 aromatic carbocycles. The van der Waals surface area contributed by atoms with Crippen molar-refractivity contribution in [2.75, 3.05) is 36.4 Å². The van der Waals surface area contributed by atoms with Crippen molar-refractivity contribution in [1.82, 2.24) is 19.4 Å². The summed E-state index contributed by atoms with van der Waals surface area (Å²) < 4.78 is 1.68. The van der Waals surface area contributed by atoms with Crippen LogP contribution in [0, 0.1) is 6.92 Å². The van der Waals surface area contributed by atoms with Crippen molar-refractivity contribution in [3.63, 3.8) is 0 Å². The summed E-state index contributed by atoms with van der Waals surface area (Å²) in [5.74, 6) is 0.385. The lowest BCUT2D eigenvalue weighted by atomic mass is 10.1. The summed E-state index contributed by atoms with van der Waals surface area (Å²) in [6.07, 6.45) is 1.67. The minimum atomic E-state index is -0.184. The van der Waals surface area contributed by atoms with Gasteiger partial charge in [-0.25, -0.2) is 14.8 Å². The first-order chi connectivity index (χ1) is 17.0. The molecule has 9 heteroatoms. The normalized spacial score (nSPS) is 13.8. The second-order valence-electron chi connectivity index (χ2n) is 8.57. The molecule has 35 heavy (non-hydrogen) atoms. The van der Waals surface area contributed by atoms with E-state index in [-0.39, 0.29) is 11.6 Å². The van der Waals surface area contributed by atoms with E-state index in [1.54, 1.807) is 39.9 Å². The van der Waals surface area contributed by atoms with Gasteiger partial charge in [0.1, 0.15) is 5.52 Å². The molecule has 0 radical (unpaired) electrons. The van der Waals surface area contributed by atoms with Crippen molar-refractivity contribution < 1.29 is 4.79 Å². The van der Waals surface area contributed by atoms with Crippen LogP contribution < -0.4 is 15.8 Å². The first kappa shape index (κ1) is 22.9. The van der Waals surface area contributed by atoms with Gasteiger partial charge in [-0.2, -0.15) is 0 Å². The average Bonchev–Trinajstić information content (AvgIpc) is 2.88. The molecule has 178 valence electrons. The minimum Gasteiger partial charge on any atom is -0.348 e. The van der Waals surface area contributed by atoms with Gasteiger partial charge in [0.2, 0.25) is 0 Å². The van der Waals surface area contributed by atoms with Crippen LogP contribution in [0.3, 0.4) is 0 Å². The van der Waals surface area contributed by atoms with Crippen molar-refractivity contribution >= 4 is 40.3 Å². The zero-order chi connectivity index (χ0) is 24.4. The van der Waals surface area contributed by atoms with Crippen molar-refractivity contribution in [2.45, 2.75) is 13.5 Å². The number of carbonyl (C=O) groups is 1. The lowest BCUT2D eigenvalue weighted by Gasteiger charge is -2.35.